The van der Waals surface area contributed by atoms with Crippen LogP contribution >= 0.6 is 23.1 Å². The quantitative estimate of drug-likeness (QED) is 0.522. The van der Waals surface area contributed by atoms with Crippen molar-refractivity contribution in [2.75, 3.05) is 11.1 Å². The fourth-order valence-electron chi connectivity index (χ4n) is 1.95. The van der Waals surface area contributed by atoms with Gasteiger partial charge < -0.3 is 4.98 Å². The first-order valence-corrected chi connectivity index (χ1v) is 9.76. The number of nitrogens with zero attached hydrogens (tertiary/aromatic N) is 3. The van der Waals surface area contributed by atoms with E-state index in [1.807, 2.05) is 0 Å². The summed E-state index contributed by atoms with van der Waals surface area (Å²) in [4.78, 5) is 30.7. The summed E-state index contributed by atoms with van der Waals surface area (Å²) in [5, 5.41) is 12.6. The van der Waals surface area contributed by atoms with Gasteiger partial charge >= 0.3 is 0 Å². The van der Waals surface area contributed by atoms with Gasteiger partial charge in [0.15, 0.2) is 5.16 Å². The Morgan fingerprint density at radius 2 is 2.12 bits per heavy atom. The first-order valence-electron chi connectivity index (χ1n) is 7.96. The molecule has 0 bridgehead atoms. The molecule has 0 unspecified atom stereocenters. The molecule has 0 aliphatic rings. The van der Waals surface area contributed by atoms with Crippen molar-refractivity contribution in [1.82, 2.24) is 20.2 Å². The summed E-state index contributed by atoms with van der Waals surface area (Å²) < 4.78 is 0. The Kier molecular flexibility index (Phi) is 7.38. The molecule has 0 fully saturated rings. The minimum absolute atomic E-state index is 0.156. The molecular weight excluding hydrogens is 346 g/mol. The average Bonchev–Trinajstić information content (AvgIpc) is 2.98. The molecule has 0 aromatic carbocycles. The zero-order valence-corrected chi connectivity index (χ0v) is 15.4. The highest BCUT2D eigenvalue weighted by Gasteiger charge is 2.10. The van der Waals surface area contributed by atoms with Gasteiger partial charge in [0.05, 0.1) is 5.75 Å². The number of anilines is 1. The van der Waals surface area contributed by atoms with Crippen LogP contribution in [0.4, 0.5) is 5.13 Å². The van der Waals surface area contributed by atoms with Crippen LogP contribution in [-0.4, -0.2) is 31.8 Å². The van der Waals surface area contributed by atoms with Crippen LogP contribution in [0.3, 0.4) is 0 Å². The van der Waals surface area contributed by atoms with E-state index in [2.05, 4.69) is 39.3 Å². The zero-order chi connectivity index (χ0) is 17.4. The Morgan fingerprint density at radius 1 is 1.29 bits per heavy atom. The number of carbonyl (C=O) groups is 1. The minimum Gasteiger partial charge on any atom is -0.301 e. The van der Waals surface area contributed by atoms with Gasteiger partial charge in [-0.3, -0.25) is 14.9 Å². The Bertz CT molecular complexity index is 729. The molecule has 0 aliphatic carbocycles. The number of aryl methyl sites for hydroxylation is 2. The summed E-state index contributed by atoms with van der Waals surface area (Å²) in [7, 11) is 0. The van der Waals surface area contributed by atoms with Crippen molar-refractivity contribution >= 4 is 34.1 Å². The third-order valence-corrected chi connectivity index (χ3v) is 4.85. The van der Waals surface area contributed by atoms with Crippen LogP contribution in [-0.2, 0) is 17.6 Å². The van der Waals surface area contributed by atoms with Gasteiger partial charge in [0.25, 0.3) is 5.56 Å². The Hall–Kier alpha value is -1.74. The van der Waals surface area contributed by atoms with Crippen LogP contribution in [0, 0.1) is 0 Å². The molecule has 0 radical (unpaired) electrons. The molecule has 0 atom stereocenters. The van der Waals surface area contributed by atoms with Crippen LogP contribution in [0.2, 0.25) is 0 Å². The van der Waals surface area contributed by atoms with Crippen molar-refractivity contribution in [2.45, 2.75) is 51.1 Å². The SMILES string of the molecule is CCCCc1cc(=O)[nH]c(SCC(=O)Nc2nnc(CCC)s2)n1. The van der Waals surface area contributed by atoms with Crippen LogP contribution < -0.4 is 10.9 Å². The van der Waals surface area contributed by atoms with Crippen molar-refractivity contribution in [3.05, 3.63) is 27.1 Å². The lowest BCUT2D eigenvalue weighted by molar-refractivity contribution is -0.113. The second kappa shape index (κ2) is 9.53. The molecule has 0 saturated carbocycles. The molecule has 2 aromatic heterocycles. The number of carbonyl (C=O) groups excluding carboxylic acids is 1. The number of amides is 1. The van der Waals surface area contributed by atoms with Crippen molar-refractivity contribution in [2.24, 2.45) is 0 Å². The third kappa shape index (κ3) is 6.04. The molecule has 2 aromatic rings. The van der Waals surface area contributed by atoms with Crippen LogP contribution in [0.25, 0.3) is 0 Å². The third-order valence-electron chi connectivity index (χ3n) is 3.08. The number of rotatable bonds is 9. The van der Waals surface area contributed by atoms with Gasteiger partial charge in [0.2, 0.25) is 11.0 Å². The number of hydrogen-bond acceptors (Lipinski definition) is 7. The normalized spacial score (nSPS) is 10.8. The second-order valence-corrected chi connectivity index (χ2v) is 7.26. The van der Waals surface area contributed by atoms with E-state index in [0.29, 0.717) is 10.3 Å². The molecule has 7 nitrogen and oxygen atoms in total. The number of hydrogen-bond donors (Lipinski definition) is 2. The molecule has 9 heteroatoms. The van der Waals surface area contributed by atoms with E-state index in [0.717, 1.165) is 42.8 Å². The summed E-state index contributed by atoms with van der Waals surface area (Å²) in [5.41, 5.74) is 0.573. The molecule has 0 aliphatic heterocycles. The summed E-state index contributed by atoms with van der Waals surface area (Å²) in [6, 6.07) is 1.51. The van der Waals surface area contributed by atoms with Crippen LogP contribution in [0.5, 0.6) is 0 Å². The lowest BCUT2D eigenvalue weighted by Crippen LogP contribution is -2.15. The number of H-pyrrole nitrogens is 1. The van der Waals surface area contributed by atoms with E-state index in [4.69, 9.17) is 0 Å². The molecule has 0 saturated heterocycles. The van der Waals surface area contributed by atoms with Crippen molar-refractivity contribution in [3.8, 4) is 0 Å². The molecular formula is C15H21N5O2S2. The molecule has 1 amide bonds. The van der Waals surface area contributed by atoms with Gasteiger partial charge in [-0.2, -0.15) is 0 Å². The van der Waals surface area contributed by atoms with E-state index in [9.17, 15) is 9.59 Å². The van der Waals surface area contributed by atoms with Crippen LogP contribution in [0.1, 0.15) is 43.8 Å². The average molecular weight is 368 g/mol. The standard InChI is InChI=1S/C15H21N5O2S2/c1-3-5-7-10-8-11(21)17-14(16-10)23-9-12(22)18-15-20-19-13(24-15)6-4-2/h8H,3-7,9H2,1-2H3,(H,16,17,21)(H,18,20,22). The highest BCUT2D eigenvalue weighted by atomic mass is 32.2. The van der Waals surface area contributed by atoms with E-state index < -0.39 is 0 Å². The number of nitrogens with one attached hydrogen (secondary N) is 2. The van der Waals surface area contributed by atoms with E-state index in [1.54, 1.807) is 0 Å². The summed E-state index contributed by atoms with van der Waals surface area (Å²) in [5.74, 6) is -0.0381. The predicted molar refractivity (Wildman–Crippen MR) is 96.7 cm³/mol. The largest absolute Gasteiger partial charge is 0.301 e. The summed E-state index contributed by atoms with van der Waals surface area (Å²) >= 11 is 2.59. The van der Waals surface area contributed by atoms with Gasteiger partial charge in [-0.15, -0.1) is 10.2 Å². The van der Waals surface area contributed by atoms with Gasteiger partial charge in [0, 0.05) is 18.2 Å². The molecule has 0 spiro atoms. The lowest BCUT2D eigenvalue weighted by Gasteiger charge is -2.03. The van der Waals surface area contributed by atoms with Crippen molar-refractivity contribution < 1.29 is 4.79 Å². The van der Waals surface area contributed by atoms with E-state index in [1.165, 1.54) is 29.2 Å². The maximum atomic E-state index is 12.0. The highest BCUT2D eigenvalue weighted by molar-refractivity contribution is 7.99. The maximum absolute atomic E-state index is 12.0. The molecule has 24 heavy (non-hydrogen) atoms. The van der Waals surface area contributed by atoms with Gasteiger partial charge in [-0.05, 0) is 19.3 Å². The fourth-order valence-corrected chi connectivity index (χ4v) is 3.50. The zero-order valence-electron chi connectivity index (χ0n) is 13.8. The van der Waals surface area contributed by atoms with E-state index in [-0.39, 0.29) is 17.2 Å². The number of unbranched alkanes of at least 4 members (excludes halogenated alkanes) is 1. The van der Waals surface area contributed by atoms with Gasteiger partial charge in [0.1, 0.15) is 5.01 Å². The fraction of sp³-hybridized carbons (Fsp3) is 0.533. The molecule has 2 N–H and O–H groups in total. The van der Waals surface area contributed by atoms with Gasteiger partial charge in [-0.25, -0.2) is 4.98 Å². The summed E-state index contributed by atoms with van der Waals surface area (Å²) in [6.07, 6.45) is 4.65. The Morgan fingerprint density at radius 3 is 2.88 bits per heavy atom. The van der Waals surface area contributed by atoms with E-state index >= 15 is 0 Å². The highest BCUT2D eigenvalue weighted by Crippen LogP contribution is 2.18. The Labute approximate surface area is 148 Å². The molecule has 2 heterocycles. The first kappa shape index (κ1) is 18.6. The Balaban J connectivity index is 1.88. The second-order valence-electron chi connectivity index (χ2n) is 5.23. The number of thioether (sulfide) groups is 1. The first-order chi connectivity index (χ1) is 11.6. The predicted octanol–water partition coefficient (Wildman–Crippen LogP) is 2.65. The number of aromatic amines is 1. The lowest BCUT2D eigenvalue weighted by atomic mass is 10.2. The molecule has 2 rings (SSSR count). The summed E-state index contributed by atoms with van der Waals surface area (Å²) in [6.45, 7) is 4.16. The number of aromatic nitrogens is 4. The van der Waals surface area contributed by atoms with Crippen molar-refractivity contribution in [3.63, 3.8) is 0 Å². The topological polar surface area (TPSA) is 101 Å². The van der Waals surface area contributed by atoms with Gasteiger partial charge in [-0.1, -0.05) is 43.4 Å². The minimum atomic E-state index is -0.194. The van der Waals surface area contributed by atoms with Crippen LogP contribution in [0.15, 0.2) is 16.0 Å². The molecule has 130 valence electrons. The monoisotopic (exact) mass is 367 g/mol. The smallest absolute Gasteiger partial charge is 0.251 e. The maximum Gasteiger partial charge on any atom is 0.251 e. The van der Waals surface area contributed by atoms with Crippen molar-refractivity contribution in [1.29, 1.82) is 0 Å².